The molecule has 4 aromatic rings. The number of aryl methyl sites for hydroxylation is 1. The average Bonchev–Trinajstić information content (AvgIpc) is 3.40. The number of hydrogen-bond donors (Lipinski definition) is 2. The first-order valence-corrected chi connectivity index (χ1v) is 13.1. The molecule has 0 aliphatic heterocycles. The Morgan fingerprint density at radius 2 is 1.73 bits per heavy atom. The summed E-state index contributed by atoms with van der Waals surface area (Å²) in [5.41, 5.74) is 2.05. The quantitative estimate of drug-likeness (QED) is 0.294. The monoisotopic (exact) mass is 549 g/mol. The molecular weight excluding hydrogens is 519 g/mol. The SMILES string of the molecule is Cn1cc(-c2ccc(N(C(=O)NCc3ccccc3)C3CCC(Nc4ccc(C(F)(F)F)cn4)CC3)nc2)cn1. The number of aromatic nitrogens is 4. The van der Waals surface area contributed by atoms with Crippen molar-refractivity contribution in [1.29, 1.82) is 0 Å². The first-order valence-electron chi connectivity index (χ1n) is 13.1. The molecule has 8 nitrogen and oxygen atoms in total. The van der Waals surface area contributed by atoms with Crippen LogP contribution >= 0.6 is 0 Å². The van der Waals surface area contributed by atoms with E-state index in [4.69, 9.17) is 0 Å². The molecule has 3 aromatic heterocycles. The van der Waals surface area contributed by atoms with Gasteiger partial charge >= 0.3 is 12.2 Å². The minimum absolute atomic E-state index is 0.0376. The number of halogens is 3. The van der Waals surface area contributed by atoms with Gasteiger partial charge in [-0.3, -0.25) is 9.58 Å². The highest BCUT2D eigenvalue weighted by Crippen LogP contribution is 2.31. The zero-order chi connectivity index (χ0) is 28.1. The maximum atomic E-state index is 13.5. The largest absolute Gasteiger partial charge is 0.417 e. The van der Waals surface area contributed by atoms with Gasteiger partial charge in [0.2, 0.25) is 0 Å². The number of anilines is 2. The van der Waals surface area contributed by atoms with Crippen LogP contribution in [-0.2, 0) is 19.8 Å². The van der Waals surface area contributed by atoms with Gasteiger partial charge in [0.05, 0.1) is 11.8 Å². The van der Waals surface area contributed by atoms with Gasteiger partial charge in [0, 0.05) is 55.4 Å². The predicted molar refractivity (Wildman–Crippen MR) is 147 cm³/mol. The fraction of sp³-hybridized carbons (Fsp3) is 0.310. The third kappa shape index (κ3) is 6.59. The van der Waals surface area contributed by atoms with Crippen LogP contribution in [0.25, 0.3) is 11.1 Å². The van der Waals surface area contributed by atoms with Crippen molar-refractivity contribution in [1.82, 2.24) is 25.1 Å². The van der Waals surface area contributed by atoms with E-state index >= 15 is 0 Å². The smallest absolute Gasteiger partial charge is 0.367 e. The fourth-order valence-corrected chi connectivity index (χ4v) is 4.92. The Hall–Kier alpha value is -4.41. The molecule has 1 aliphatic carbocycles. The van der Waals surface area contributed by atoms with Crippen molar-refractivity contribution >= 4 is 17.7 Å². The van der Waals surface area contributed by atoms with E-state index in [1.165, 1.54) is 6.07 Å². The van der Waals surface area contributed by atoms with Gasteiger partial charge < -0.3 is 10.6 Å². The van der Waals surface area contributed by atoms with Crippen LogP contribution in [0.15, 0.2) is 79.4 Å². The maximum Gasteiger partial charge on any atom is 0.417 e. The summed E-state index contributed by atoms with van der Waals surface area (Å²) in [5.74, 6) is 0.959. The van der Waals surface area contributed by atoms with Crippen LogP contribution in [0.4, 0.5) is 29.6 Å². The van der Waals surface area contributed by atoms with Crippen LogP contribution in [-0.4, -0.2) is 37.9 Å². The third-order valence-electron chi connectivity index (χ3n) is 7.04. The number of nitrogens with zero attached hydrogens (tertiary/aromatic N) is 5. The summed E-state index contributed by atoms with van der Waals surface area (Å²) in [4.78, 5) is 23.8. The third-order valence-corrected chi connectivity index (χ3v) is 7.04. The van der Waals surface area contributed by atoms with Gasteiger partial charge in [0.15, 0.2) is 0 Å². The van der Waals surface area contributed by atoms with E-state index in [1.807, 2.05) is 55.7 Å². The second kappa shape index (κ2) is 11.8. The highest BCUT2D eigenvalue weighted by molar-refractivity contribution is 5.91. The first kappa shape index (κ1) is 27.2. The molecule has 1 saturated carbocycles. The number of urea groups is 1. The molecule has 0 saturated heterocycles. The van der Waals surface area contributed by atoms with Gasteiger partial charge in [-0.1, -0.05) is 30.3 Å². The Balaban J connectivity index is 1.28. The number of pyridine rings is 2. The van der Waals surface area contributed by atoms with E-state index in [0.29, 0.717) is 31.0 Å². The second-order valence-corrected chi connectivity index (χ2v) is 9.90. The molecule has 2 amide bonds. The molecule has 0 unspecified atom stereocenters. The van der Waals surface area contributed by atoms with Crippen LogP contribution in [0.5, 0.6) is 0 Å². The summed E-state index contributed by atoms with van der Waals surface area (Å²) in [6.07, 6.45) is 4.68. The first-order chi connectivity index (χ1) is 19.3. The van der Waals surface area contributed by atoms with Crippen molar-refractivity contribution in [2.75, 3.05) is 10.2 Å². The molecule has 40 heavy (non-hydrogen) atoms. The van der Waals surface area contributed by atoms with Crippen molar-refractivity contribution in [3.63, 3.8) is 0 Å². The highest BCUT2D eigenvalue weighted by Gasteiger charge is 2.32. The Morgan fingerprint density at radius 3 is 2.33 bits per heavy atom. The lowest BCUT2D eigenvalue weighted by Gasteiger charge is -2.36. The van der Waals surface area contributed by atoms with Crippen molar-refractivity contribution in [3.8, 4) is 11.1 Å². The van der Waals surface area contributed by atoms with Gasteiger partial charge in [-0.15, -0.1) is 0 Å². The molecule has 2 N–H and O–H groups in total. The number of amides is 2. The van der Waals surface area contributed by atoms with Crippen LogP contribution < -0.4 is 15.5 Å². The molecule has 5 rings (SSSR count). The van der Waals surface area contributed by atoms with Crippen LogP contribution in [0, 0.1) is 0 Å². The van der Waals surface area contributed by atoms with E-state index in [0.717, 1.165) is 41.8 Å². The van der Waals surface area contributed by atoms with Gasteiger partial charge in [0.1, 0.15) is 11.6 Å². The van der Waals surface area contributed by atoms with E-state index < -0.39 is 11.7 Å². The zero-order valence-corrected chi connectivity index (χ0v) is 22.0. The van der Waals surface area contributed by atoms with Gasteiger partial charge in [-0.05, 0) is 55.5 Å². The topological polar surface area (TPSA) is 88.0 Å². The highest BCUT2D eigenvalue weighted by atomic mass is 19.4. The van der Waals surface area contributed by atoms with E-state index in [-0.39, 0.29) is 18.1 Å². The van der Waals surface area contributed by atoms with Crippen molar-refractivity contribution in [3.05, 3.63) is 90.5 Å². The normalized spacial score (nSPS) is 17.3. The lowest BCUT2D eigenvalue weighted by atomic mass is 9.90. The van der Waals surface area contributed by atoms with Gasteiger partial charge in [-0.2, -0.15) is 18.3 Å². The molecule has 0 radical (unpaired) electrons. The van der Waals surface area contributed by atoms with Crippen LogP contribution in [0.2, 0.25) is 0 Å². The van der Waals surface area contributed by atoms with Crippen LogP contribution in [0.3, 0.4) is 0 Å². The van der Waals surface area contributed by atoms with E-state index in [2.05, 4.69) is 25.7 Å². The molecular formula is C29H30F3N7O. The lowest BCUT2D eigenvalue weighted by molar-refractivity contribution is -0.137. The molecule has 3 heterocycles. The van der Waals surface area contributed by atoms with Gasteiger partial charge in [0.25, 0.3) is 0 Å². The minimum atomic E-state index is -4.42. The Kier molecular flexibility index (Phi) is 7.99. The summed E-state index contributed by atoms with van der Waals surface area (Å²) in [5, 5.41) is 10.5. The van der Waals surface area contributed by atoms with Gasteiger partial charge in [-0.25, -0.2) is 14.8 Å². The number of hydrogen-bond acceptors (Lipinski definition) is 5. The van der Waals surface area contributed by atoms with Crippen molar-refractivity contribution < 1.29 is 18.0 Å². The minimum Gasteiger partial charge on any atom is -0.367 e. The molecule has 11 heteroatoms. The summed E-state index contributed by atoms with van der Waals surface area (Å²) >= 11 is 0. The standard InChI is InChI=1S/C29H30F3N7O/c1-38-19-22(17-36-38)21-7-14-27(34-16-21)39(28(40)35-15-20-5-3-2-4-6-20)25-11-9-24(10-12-25)37-26-13-8-23(18-33-26)29(30,31)32/h2-8,13-14,16-19,24-25H,9-12,15H2,1H3,(H,33,37)(H,35,40). The van der Waals surface area contributed by atoms with E-state index in [1.54, 1.807) is 22.0 Å². The molecule has 1 fully saturated rings. The number of nitrogens with one attached hydrogen (secondary N) is 2. The number of benzene rings is 1. The summed E-state index contributed by atoms with van der Waals surface area (Å²) in [6, 6.07) is 15.6. The summed E-state index contributed by atoms with van der Waals surface area (Å²) in [7, 11) is 1.85. The number of carbonyl (C=O) groups is 1. The summed E-state index contributed by atoms with van der Waals surface area (Å²) in [6.45, 7) is 0.389. The number of rotatable bonds is 7. The molecule has 0 bridgehead atoms. The average molecular weight is 550 g/mol. The molecule has 0 spiro atoms. The Labute approximate surface area is 230 Å². The lowest BCUT2D eigenvalue weighted by Crippen LogP contribution is -2.49. The number of carbonyl (C=O) groups excluding carboxylic acids is 1. The zero-order valence-electron chi connectivity index (χ0n) is 22.0. The molecule has 0 atom stereocenters. The maximum absolute atomic E-state index is 13.5. The molecule has 1 aliphatic rings. The van der Waals surface area contributed by atoms with Crippen molar-refractivity contribution in [2.24, 2.45) is 7.05 Å². The number of alkyl halides is 3. The van der Waals surface area contributed by atoms with E-state index in [9.17, 15) is 18.0 Å². The second-order valence-electron chi connectivity index (χ2n) is 9.90. The van der Waals surface area contributed by atoms with Crippen molar-refractivity contribution in [2.45, 2.75) is 50.5 Å². The molecule has 1 aromatic carbocycles. The predicted octanol–water partition coefficient (Wildman–Crippen LogP) is 6.04. The Bertz CT molecular complexity index is 1400. The fourth-order valence-electron chi connectivity index (χ4n) is 4.92. The van der Waals surface area contributed by atoms with Crippen LogP contribution in [0.1, 0.15) is 36.8 Å². The summed E-state index contributed by atoms with van der Waals surface area (Å²) < 4.78 is 40.3. The molecule has 208 valence electrons. The Morgan fingerprint density at radius 1 is 0.950 bits per heavy atom.